The normalized spacial score (nSPS) is 12.6. The van der Waals surface area contributed by atoms with E-state index in [1.54, 1.807) is 6.20 Å². The van der Waals surface area contributed by atoms with Crippen molar-refractivity contribution < 1.29 is 14.7 Å². The first-order valence-corrected chi connectivity index (χ1v) is 6.86. The van der Waals surface area contributed by atoms with E-state index in [4.69, 9.17) is 5.11 Å². The van der Waals surface area contributed by atoms with E-state index in [0.717, 1.165) is 5.69 Å². The summed E-state index contributed by atoms with van der Waals surface area (Å²) in [6, 6.07) is 5.62. The Kier molecular flexibility index (Phi) is 4.26. The molecule has 6 nitrogen and oxygen atoms in total. The highest BCUT2D eigenvalue weighted by Crippen LogP contribution is 2.11. The fourth-order valence-electron chi connectivity index (χ4n) is 2.16. The predicted molar refractivity (Wildman–Crippen MR) is 78.2 cm³/mol. The van der Waals surface area contributed by atoms with Gasteiger partial charge in [-0.15, -0.1) is 0 Å². The number of nitrogens with zero attached hydrogens (tertiary/aromatic N) is 2. The molecule has 2 N–H and O–H groups in total. The summed E-state index contributed by atoms with van der Waals surface area (Å²) in [5.41, 5.74) is 1.96. The monoisotopic (exact) mass is 289 g/mol. The molecule has 0 aliphatic carbocycles. The summed E-state index contributed by atoms with van der Waals surface area (Å²) in [5.74, 6) is -1.92. The molecule has 21 heavy (non-hydrogen) atoms. The maximum absolute atomic E-state index is 12.1. The van der Waals surface area contributed by atoms with Gasteiger partial charge in [-0.25, -0.2) is 4.98 Å². The molecule has 0 saturated carbocycles. The summed E-state index contributed by atoms with van der Waals surface area (Å²) in [6.45, 7) is 5.66. The first-order valence-electron chi connectivity index (χ1n) is 6.86. The number of amides is 1. The lowest BCUT2D eigenvalue weighted by atomic mass is 9.96. The van der Waals surface area contributed by atoms with Gasteiger partial charge in [0.05, 0.1) is 5.92 Å². The standard InChI is InChI=1S/C15H19N3O3/c1-9(2)11(15(20)21)7-16-14(19)12-8-18-10(3)5-4-6-13(18)17-12/h4-6,8-9,11H,7H2,1-3H3,(H,16,19)(H,20,21). The lowest BCUT2D eigenvalue weighted by Gasteiger charge is -2.16. The molecule has 1 unspecified atom stereocenters. The van der Waals surface area contributed by atoms with Crippen molar-refractivity contribution in [1.29, 1.82) is 0 Å². The fourth-order valence-corrected chi connectivity index (χ4v) is 2.16. The van der Waals surface area contributed by atoms with Gasteiger partial charge < -0.3 is 14.8 Å². The van der Waals surface area contributed by atoms with Gasteiger partial charge in [-0.1, -0.05) is 19.9 Å². The van der Waals surface area contributed by atoms with E-state index < -0.39 is 11.9 Å². The van der Waals surface area contributed by atoms with Gasteiger partial charge in [-0.2, -0.15) is 0 Å². The van der Waals surface area contributed by atoms with Crippen LogP contribution in [0.4, 0.5) is 0 Å². The Morgan fingerprint density at radius 1 is 1.38 bits per heavy atom. The second-order valence-corrected chi connectivity index (χ2v) is 5.42. The number of nitrogens with one attached hydrogen (secondary N) is 1. The summed E-state index contributed by atoms with van der Waals surface area (Å²) in [6.07, 6.45) is 1.66. The largest absolute Gasteiger partial charge is 0.481 e. The molecule has 2 heterocycles. The van der Waals surface area contributed by atoms with Crippen LogP contribution in [0.15, 0.2) is 24.4 Å². The van der Waals surface area contributed by atoms with Crippen molar-refractivity contribution >= 4 is 17.5 Å². The summed E-state index contributed by atoms with van der Waals surface area (Å²) < 4.78 is 1.83. The number of fused-ring (bicyclic) bond motifs is 1. The Bertz CT molecular complexity index is 676. The Morgan fingerprint density at radius 2 is 2.10 bits per heavy atom. The van der Waals surface area contributed by atoms with Crippen LogP contribution in [-0.4, -0.2) is 32.9 Å². The fraction of sp³-hybridized carbons (Fsp3) is 0.400. The molecule has 0 saturated heterocycles. The van der Waals surface area contributed by atoms with Gasteiger partial charge in [0.2, 0.25) is 0 Å². The molecule has 2 rings (SSSR count). The number of imidazole rings is 1. The summed E-state index contributed by atoms with van der Waals surface area (Å²) in [5, 5.41) is 11.8. The zero-order chi connectivity index (χ0) is 15.6. The van der Waals surface area contributed by atoms with Crippen LogP contribution in [0, 0.1) is 18.8 Å². The first-order chi connectivity index (χ1) is 9.90. The summed E-state index contributed by atoms with van der Waals surface area (Å²) in [4.78, 5) is 27.4. The zero-order valence-corrected chi connectivity index (χ0v) is 12.3. The van der Waals surface area contributed by atoms with Crippen molar-refractivity contribution in [3.8, 4) is 0 Å². The number of pyridine rings is 1. The van der Waals surface area contributed by atoms with Crippen LogP contribution in [0.25, 0.3) is 5.65 Å². The number of carbonyl (C=O) groups excluding carboxylic acids is 1. The Labute approximate surface area is 122 Å². The minimum Gasteiger partial charge on any atom is -0.481 e. The number of carbonyl (C=O) groups is 2. The van der Waals surface area contributed by atoms with Gasteiger partial charge in [0.1, 0.15) is 11.3 Å². The highest BCUT2D eigenvalue weighted by atomic mass is 16.4. The van der Waals surface area contributed by atoms with E-state index in [-0.39, 0.29) is 24.1 Å². The molecule has 0 fully saturated rings. The number of aromatic nitrogens is 2. The average molecular weight is 289 g/mol. The number of aryl methyl sites for hydroxylation is 1. The molecule has 0 aliphatic heterocycles. The number of hydrogen-bond acceptors (Lipinski definition) is 3. The third-order valence-corrected chi connectivity index (χ3v) is 3.53. The summed E-state index contributed by atoms with van der Waals surface area (Å²) >= 11 is 0. The minimum absolute atomic E-state index is 0.0499. The van der Waals surface area contributed by atoms with Crippen molar-refractivity contribution in [3.05, 3.63) is 35.8 Å². The van der Waals surface area contributed by atoms with E-state index in [0.29, 0.717) is 5.65 Å². The van der Waals surface area contributed by atoms with Gasteiger partial charge >= 0.3 is 5.97 Å². The molecule has 1 atom stereocenters. The van der Waals surface area contributed by atoms with Gasteiger partial charge in [-0.05, 0) is 25.0 Å². The minimum atomic E-state index is -0.906. The second kappa shape index (κ2) is 5.95. The van der Waals surface area contributed by atoms with E-state index in [1.807, 2.05) is 43.4 Å². The predicted octanol–water partition coefficient (Wildman–Crippen LogP) is 1.73. The third-order valence-electron chi connectivity index (χ3n) is 3.53. The van der Waals surface area contributed by atoms with E-state index >= 15 is 0 Å². The topological polar surface area (TPSA) is 83.7 Å². The van der Waals surface area contributed by atoms with Gasteiger partial charge in [0.25, 0.3) is 5.91 Å². The van der Waals surface area contributed by atoms with Crippen molar-refractivity contribution in [1.82, 2.24) is 14.7 Å². The molecule has 112 valence electrons. The molecule has 2 aromatic heterocycles. The van der Waals surface area contributed by atoms with Crippen LogP contribution >= 0.6 is 0 Å². The van der Waals surface area contributed by atoms with Crippen molar-refractivity contribution in [3.63, 3.8) is 0 Å². The summed E-state index contributed by atoms with van der Waals surface area (Å²) in [7, 11) is 0. The highest BCUT2D eigenvalue weighted by Gasteiger charge is 2.22. The van der Waals surface area contributed by atoms with Crippen LogP contribution in [-0.2, 0) is 4.79 Å². The van der Waals surface area contributed by atoms with Crippen molar-refractivity contribution in [2.75, 3.05) is 6.54 Å². The first kappa shape index (κ1) is 15.0. The van der Waals surface area contributed by atoms with Crippen LogP contribution in [0.5, 0.6) is 0 Å². The molecule has 0 radical (unpaired) electrons. The van der Waals surface area contributed by atoms with Gasteiger partial charge in [0, 0.05) is 18.4 Å². The van der Waals surface area contributed by atoms with Crippen LogP contribution in [0.3, 0.4) is 0 Å². The van der Waals surface area contributed by atoms with Crippen LogP contribution < -0.4 is 5.32 Å². The Balaban J connectivity index is 2.12. The molecule has 2 aromatic rings. The smallest absolute Gasteiger partial charge is 0.308 e. The van der Waals surface area contributed by atoms with Gasteiger partial charge in [-0.3, -0.25) is 9.59 Å². The Hall–Kier alpha value is -2.37. The lowest BCUT2D eigenvalue weighted by molar-refractivity contribution is -0.142. The molecule has 0 spiro atoms. The quantitative estimate of drug-likeness (QED) is 0.878. The van der Waals surface area contributed by atoms with E-state index in [2.05, 4.69) is 10.3 Å². The highest BCUT2D eigenvalue weighted by molar-refractivity contribution is 5.93. The van der Waals surface area contributed by atoms with Crippen LogP contribution in [0.1, 0.15) is 30.0 Å². The maximum Gasteiger partial charge on any atom is 0.308 e. The lowest BCUT2D eigenvalue weighted by Crippen LogP contribution is -2.35. The average Bonchev–Trinajstić information content (AvgIpc) is 2.83. The molecular weight excluding hydrogens is 270 g/mol. The zero-order valence-electron chi connectivity index (χ0n) is 12.3. The van der Waals surface area contributed by atoms with E-state index in [9.17, 15) is 9.59 Å². The SMILES string of the molecule is Cc1cccc2nc(C(=O)NCC(C(=O)O)C(C)C)cn12. The number of aliphatic carboxylic acids is 1. The molecule has 0 bridgehead atoms. The van der Waals surface area contributed by atoms with Gasteiger partial charge in [0.15, 0.2) is 0 Å². The van der Waals surface area contributed by atoms with Crippen molar-refractivity contribution in [2.45, 2.75) is 20.8 Å². The number of hydrogen-bond donors (Lipinski definition) is 2. The maximum atomic E-state index is 12.1. The van der Waals surface area contributed by atoms with Crippen LogP contribution in [0.2, 0.25) is 0 Å². The number of rotatable bonds is 5. The van der Waals surface area contributed by atoms with E-state index in [1.165, 1.54) is 0 Å². The Morgan fingerprint density at radius 3 is 2.67 bits per heavy atom. The molecule has 1 amide bonds. The second-order valence-electron chi connectivity index (χ2n) is 5.42. The molecule has 0 aliphatic rings. The number of carboxylic acids is 1. The molecular formula is C15H19N3O3. The molecule has 0 aromatic carbocycles. The third kappa shape index (κ3) is 3.21. The number of carboxylic acid groups (broad SMARTS) is 1. The molecule has 6 heteroatoms. The van der Waals surface area contributed by atoms with Crippen molar-refractivity contribution in [2.24, 2.45) is 11.8 Å².